The number of fused-ring (bicyclic) bond motifs is 1. The van der Waals surface area contributed by atoms with Crippen LogP contribution in [0.15, 0.2) is 36.4 Å². The highest BCUT2D eigenvalue weighted by Crippen LogP contribution is 2.35. The Morgan fingerprint density at radius 2 is 1.78 bits per heavy atom. The van der Waals surface area contributed by atoms with E-state index in [0.29, 0.717) is 16.4 Å². The Kier molecular flexibility index (Phi) is 4.48. The van der Waals surface area contributed by atoms with Gasteiger partial charge in [-0.05, 0) is 23.8 Å². The van der Waals surface area contributed by atoms with Gasteiger partial charge in [-0.1, -0.05) is 53.0 Å². The highest BCUT2D eigenvalue weighted by Gasteiger charge is 2.30. The van der Waals surface area contributed by atoms with Gasteiger partial charge in [0.05, 0.1) is 26.7 Å². The van der Waals surface area contributed by atoms with E-state index in [2.05, 4.69) is 10.6 Å². The van der Waals surface area contributed by atoms with E-state index in [9.17, 15) is 9.59 Å². The molecule has 1 unspecified atom stereocenters. The van der Waals surface area contributed by atoms with Crippen LogP contribution in [0.3, 0.4) is 0 Å². The topological polar surface area (TPSA) is 58.2 Å². The SMILES string of the molecule is O=C1CC(C(=O)Nc2cc(Cl)c(Cl)cc2Cl)c2ccccc2N1. The van der Waals surface area contributed by atoms with Crippen molar-refractivity contribution in [2.24, 2.45) is 0 Å². The van der Waals surface area contributed by atoms with Gasteiger partial charge < -0.3 is 10.6 Å². The number of para-hydroxylation sites is 1. The zero-order chi connectivity index (χ0) is 16.6. The third kappa shape index (κ3) is 3.29. The summed E-state index contributed by atoms with van der Waals surface area (Å²) in [5.74, 6) is -1.12. The fourth-order valence-corrected chi connectivity index (χ4v) is 3.08. The minimum absolute atomic E-state index is 0.0712. The van der Waals surface area contributed by atoms with Gasteiger partial charge in [-0.3, -0.25) is 9.59 Å². The molecule has 4 nitrogen and oxygen atoms in total. The molecule has 0 aliphatic carbocycles. The first-order valence-corrected chi connectivity index (χ1v) is 7.93. The maximum Gasteiger partial charge on any atom is 0.232 e. The molecule has 0 spiro atoms. The predicted octanol–water partition coefficient (Wildman–Crippen LogP) is 4.71. The van der Waals surface area contributed by atoms with E-state index in [1.165, 1.54) is 12.1 Å². The van der Waals surface area contributed by atoms with Crippen molar-refractivity contribution in [3.63, 3.8) is 0 Å². The number of benzene rings is 2. The molecule has 0 saturated heterocycles. The summed E-state index contributed by atoms with van der Waals surface area (Å²) in [5.41, 5.74) is 1.76. The first kappa shape index (κ1) is 16.1. The zero-order valence-electron chi connectivity index (χ0n) is 11.7. The molecule has 2 N–H and O–H groups in total. The van der Waals surface area contributed by atoms with Gasteiger partial charge in [0.1, 0.15) is 0 Å². The Morgan fingerprint density at radius 3 is 2.57 bits per heavy atom. The molecule has 1 aliphatic heterocycles. The second-order valence-electron chi connectivity index (χ2n) is 5.13. The van der Waals surface area contributed by atoms with Crippen LogP contribution >= 0.6 is 34.8 Å². The van der Waals surface area contributed by atoms with Crippen molar-refractivity contribution < 1.29 is 9.59 Å². The molecule has 3 rings (SSSR count). The lowest BCUT2D eigenvalue weighted by atomic mass is 9.90. The zero-order valence-corrected chi connectivity index (χ0v) is 14.0. The number of nitrogens with one attached hydrogen (secondary N) is 2. The third-order valence-electron chi connectivity index (χ3n) is 3.58. The van der Waals surface area contributed by atoms with Crippen LogP contribution in [0.1, 0.15) is 17.9 Å². The lowest BCUT2D eigenvalue weighted by Gasteiger charge is -2.25. The minimum atomic E-state index is -0.592. The molecule has 0 saturated carbocycles. The number of hydrogen-bond donors (Lipinski definition) is 2. The Labute approximate surface area is 147 Å². The van der Waals surface area contributed by atoms with Gasteiger partial charge >= 0.3 is 0 Å². The van der Waals surface area contributed by atoms with Crippen molar-refractivity contribution in [3.05, 3.63) is 57.0 Å². The average Bonchev–Trinajstić information content (AvgIpc) is 2.51. The molecule has 0 bridgehead atoms. The minimum Gasteiger partial charge on any atom is -0.326 e. The van der Waals surface area contributed by atoms with Crippen molar-refractivity contribution in [2.75, 3.05) is 10.6 Å². The summed E-state index contributed by atoms with van der Waals surface area (Å²) in [6, 6.07) is 10.1. The standard InChI is InChI=1S/C16H11Cl3N2O2/c17-10-6-12(19)14(7-11(10)18)21-16(23)9-5-15(22)20-13-4-2-1-3-8(9)13/h1-4,6-7,9H,5H2,(H,20,22)(H,21,23). The summed E-state index contributed by atoms with van der Waals surface area (Å²) in [6.07, 6.45) is 0.0712. The maximum absolute atomic E-state index is 12.6. The number of anilines is 2. The number of halogens is 3. The van der Waals surface area contributed by atoms with Crippen LogP contribution in [0, 0.1) is 0 Å². The summed E-state index contributed by atoms with van der Waals surface area (Å²) in [6.45, 7) is 0. The van der Waals surface area contributed by atoms with Gasteiger partial charge in [-0.15, -0.1) is 0 Å². The molecule has 2 amide bonds. The van der Waals surface area contributed by atoms with Crippen molar-refractivity contribution in [1.29, 1.82) is 0 Å². The third-order valence-corrected chi connectivity index (χ3v) is 4.62. The first-order valence-electron chi connectivity index (χ1n) is 6.80. The van der Waals surface area contributed by atoms with Crippen molar-refractivity contribution in [1.82, 2.24) is 0 Å². The molecule has 7 heteroatoms. The van der Waals surface area contributed by atoms with Gasteiger partial charge in [0.15, 0.2) is 0 Å². The molecule has 0 aromatic heterocycles. The summed E-state index contributed by atoms with van der Waals surface area (Å²) in [7, 11) is 0. The van der Waals surface area contributed by atoms with Crippen LogP contribution in [0.2, 0.25) is 15.1 Å². The molecule has 23 heavy (non-hydrogen) atoms. The van der Waals surface area contributed by atoms with Crippen LogP contribution in [0.4, 0.5) is 11.4 Å². The highest BCUT2D eigenvalue weighted by atomic mass is 35.5. The van der Waals surface area contributed by atoms with Crippen LogP contribution in [0.25, 0.3) is 0 Å². The van der Waals surface area contributed by atoms with E-state index >= 15 is 0 Å². The summed E-state index contributed by atoms with van der Waals surface area (Å²) in [5, 5.41) is 6.34. The van der Waals surface area contributed by atoms with Crippen LogP contribution < -0.4 is 10.6 Å². The molecule has 118 valence electrons. The van der Waals surface area contributed by atoms with E-state index < -0.39 is 5.92 Å². The summed E-state index contributed by atoms with van der Waals surface area (Å²) < 4.78 is 0. The lowest BCUT2D eigenvalue weighted by Crippen LogP contribution is -2.30. The van der Waals surface area contributed by atoms with Gasteiger partial charge in [0.25, 0.3) is 0 Å². The molecular formula is C16H11Cl3N2O2. The molecule has 1 heterocycles. The molecule has 1 atom stereocenters. The van der Waals surface area contributed by atoms with E-state index in [1.807, 2.05) is 12.1 Å². The number of carbonyl (C=O) groups excluding carboxylic acids is 2. The molecule has 1 aliphatic rings. The maximum atomic E-state index is 12.6. The molecular weight excluding hydrogens is 359 g/mol. The average molecular weight is 370 g/mol. The molecule has 2 aromatic rings. The highest BCUT2D eigenvalue weighted by molar-refractivity contribution is 6.44. The summed E-state index contributed by atoms with van der Waals surface area (Å²) >= 11 is 17.9. The lowest BCUT2D eigenvalue weighted by molar-refractivity contribution is -0.123. The van der Waals surface area contributed by atoms with Crippen LogP contribution in [0.5, 0.6) is 0 Å². The van der Waals surface area contributed by atoms with Gasteiger partial charge in [0.2, 0.25) is 11.8 Å². The Morgan fingerprint density at radius 1 is 1.09 bits per heavy atom. The number of rotatable bonds is 2. The Hall–Kier alpha value is -1.75. The largest absolute Gasteiger partial charge is 0.326 e. The smallest absolute Gasteiger partial charge is 0.232 e. The van der Waals surface area contributed by atoms with Crippen molar-refractivity contribution in [3.8, 4) is 0 Å². The Balaban J connectivity index is 1.90. The van der Waals surface area contributed by atoms with Crippen LogP contribution in [-0.2, 0) is 9.59 Å². The van der Waals surface area contributed by atoms with Crippen LogP contribution in [-0.4, -0.2) is 11.8 Å². The van der Waals surface area contributed by atoms with E-state index in [0.717, 1.165) is 5.56 Å². The number of carbonyl (C=O) groups is 2. The van der Waals surface area contributed by atoms with Crippen molar-refractivity contribution in [2.45, 2.75) is 12.3 Å². The van der Waals surface area contributed by atoms with Crippen molar-refractivity contribution >= 4 is 58.0 Å². The Bertz CT molecular complexity index is 808. The molecule has 2 aromatic carbocycles. The summed E-state index contributed by atoms with van der Waals surface area (Å²) in [4.78, 5) is 24.4. The van der Waals surface area contributed by atoms with Gasteiger partial charge in [-0.2, -0.15) is 0 Å². The van der Waals surface area contributed by atoms with Gasteiger partial charge in [-0.25, -0.2) is 0 Å². The van der Waals surface area contributed by atoms with E-state index in [-0.39, 0.29) is 28.3 Å². The molecule has 0 fully saturated rings. The van der Waals surface area contributed by atoms with E-state index in [1.54, 1.807) is 12.1 Å². The van der Waals surface area contributed by atoms with Gasteiger partial charge in [0, 0.05) is 12.1 Å². The normalized spacial score (nSPS) is 16.5. The van der Waals surface area contributed by atoms with E-state index in [4.69, 9.17) is 34.8 Å². The second kappa shape index (κ2) is 6.40. The fourth-order valence-electron chi connectivity index (χ4n) is 2.48. The second-order valence-corrected chi connectivity index (χ2v) is 6.35. The first-order chi connectivity index (χ1) is 11.0. The molecule has 0 radical (unpaired) electrons. The monoisotopic (exact) mass is 368 g/mol. The fraction of sp³-hybridized carbons (Fsp3) is 0.125. The predicted molar refractivity (Wildman–Crippen MR) is 92.5 cm³/mol. The number of amides is 2. The quantitative estimate of drug-likeness (QED) is 0.753. The number of hydrogen-bond acceptors (Lipinski definition) is 2.